The van der Waals surface area contributed by atoms with E-state index in [2.05, 4.69) is 5.32 Å². The molecule has 0 heterocycles. The minimum Gasteiger partial charge on any atom is -0.352 e. The highest BCUT2D eigenvalue weighted by Crippen LogP contribution is 2.26. The fraction of sp³-hybridized carbons (Fsp3) is 0.481. The molecule has 1 unspecified atom stereocenters. The lowest BCUT2D eigenvalue weighted by molar-refractivity contribution is -0.140. The summed E-state index contributed by atoms with van der Waals surface area (Å²) in [6.07, 6.45) is 6.37. The Balaban J connectivity index is 1.92. The molecule has 3 rings (SSSR count). The Morgan fingerprint density at radius 1 is 1.11 bits per heavy atom. The van der Waals surface area contributed by atoms with Crippen LogP contribution in [0.1, 0.15) is 56.6 Å². The van der Waals surface area contributed by atoms with E-state index in [0.29, 0.717) is 17.0 Å². The second-order valence-electron chi connectivity index (χ2n) is 9.62. The van der Waals surface area contributed by atoms with Crippen LogP contribution in [0.3, 0.4) is 0 Å². The number of hydrogen-bond acceptors (Lipinski definition) is 4. The number of nitrogens with zero attached hydrogens (tertiary/aromatic N) is 2. The van der Waals surface area contributed by atoms with Crippen molar-refractivity contribution >= 4 is 39.1 Å². The number of nitrogens with one attached hydrogen (secondary N) is 1. The number of anilines is 1. The third kappa shape index (κ3) is 7.92. The highest BCUT2D eigenvalue weighted by molar-refractivity contribution is 7.92. The van der Waals surface area contributed by atoms with Crippen LogP contribution in [0.2, 0.25) is 5.02 Å². The number of carbonyl (C=O) groups excluding carboxylic acids is 2. The summed E-state index contributed by atoms with van der Waals surface area (Å²) in [4.78, 5) is 28.5. The van der Waals surface area contributed by atoms with Gasteiger partial charge in [0.25, 0.3) is 0 Å². The molecule has 1 saturated carbocycles. The van der Waals surface area contributed by atoms with Crippen LogP contribution >= 0.6 is 11.6 Å². The number of carbonyl (C=O) groups is 2. The van der Waals surface area contributed by atoms with Crippen LogP contribution in [0.5, 0.6) is 0 Å². The van der Waals surface area contributed by atoms with Crippen molar-refractivity contribution in [3.63, 3.8) is 0 Å². The van der Waals surface area contributed by atoms with E-state index in [1.54, 1.807) is 31.2 Å². The maximum atomic E-state index is 13.7. The van der Waals surface area contributed by atoms with Crippen molar-refractivity contribution in [2.75, 3.05) is 17.1 Å². The predicted molar refractivity (Wildman–Crippen MR) is 144 cm³/mol. The first kappa shape index (κ1) is 28.9. The van der Waals surface area contributed by atoms with E-state index in [0.717, 1.165) is 48.2 Å². The van der Waals surface area contributed by atoms with Crippen LogP contribution in [-0.2, 0) is 26.2 Å². The number of sulfonamides is 1. The van der Waals surface area contributed by atoms with E-state index >= 15 is 0 Å². The molecule has 37 heavy (non-hydrogen) atoms. The quantitative estimate of drug-likeness (QED) is 0.459. The van der Waals surface area contributed by atoms with Gasteiger partial charge in [0.2, 0.25) is 21.8 Å². The zero-order valence-corrected chi connectivity index (χ0v) is 23.1. The van der Waals surface area contributed by atoms with Crippen molar-refractivity contribution in [2.45, 2.75) is 71.0 Å². The van der Waals surface area contributed by atoms with E-state index in [1.807, 2.05) is 6.92 Å². The summed E-state index contributed by atoms with van der Waals surface area (Å²) in [7, 11) is -3.85. The average molecular weight is 552 g/mol. The molecule has 2 aromatic carbocycles. The SMILES string of the molecule is CCC(C(=O)NC1CCCCC1)N(Cc1ccc(F)cc1)C(=O)CN(c1ccc(C)c(Cl)c1)S(C)(=O)=O. The molecule has 7 nitrogen and oxygen atoms in total. The molecule has 0 aliphatic heterocycles. The first-order chi connectivity index (χ1) is 17.5. The molecule has 10 heteroatoms. The van der Waals surface area contributed by atoms with Gasteiger partial charge in [-0.3, -0.25) is 13.9 Å². The van der Waals surface area contributed by atoms with Crippen LogP contribution in [-0.4, -0.2) is 50.0 Å². The normalized spacial score (nSPS) is 15.2. The summed E-state index contributed by atoms with van der Waals surface area (Å²) in [6.45, 7) is 3.13. The molecule has 2 aromatic rings. The Hall–Kier alpha value is -2.65. The molecule has 2 amide bonds. The van der Waals surface area contributed by atoms with E-state index in [1.165, 1.54) is 23.1 Å². The van der Waals surface area contributed by atoms with Crippen molar-refractivity contribution in [1.29, 1.82) is 0 Å². The van der Waals surface area contributed by atoms with Crippen molar-refractivity contribution in [2.24, 2.45) is 0 Å². The number of benzene rings is 2. The van der Waals surface area contributed by atoms with Gasteiger partial charge in [-0.2, -0.15) is 0 Å². The van der Waals surface area contributed by atoms with Gasteiger partial charge in [-0.1, -0.05) is 56.0 Å². The molecule has 1 aliphatic rings. The summed E-state index contributed by atoms with van der Waals surface area (Å²) in [5.41, 5.74) is 1.66. The fourth-order valence-electron chi connectivity index (χ4n) is 4.60. The lowest BCUT2D eigenvalue weighted by Crippen LogP contribution is -2.53. The van der Waals surface area contributed by atoms with Crippen molar-refractivity contribution < 1.29 is 22.4 Å². The highest BCUT2D eigenvalue weighted by Gasteiger charge is 2.33. The Kier molecular flexibility index (Phi) is 9.95. The Morgan fingerprint density at radius 2 is 1.76 bits per heavy atom. The Bertz CT molecular complexity index is 1200. The first-order valence-electron chi connectivity index (χ1n) is 12.6. The third-order valence-corrected chi connectivity index (χ3v) is 8.27. The summed E-state index contributed by atoms with van der Waals surface area (Å²) in [5.74, 6) is -1.23. The maximum absolute atomic E-state index is 13.7. The van der Waals surface area contributed by atoms with Crippen LogP contribution in [0.25, 0.3) is 0 Å². The van der Waals surface area contributed by atoms with Crippen LogP contribution < -0.4 is 9.62 Å². The minimum atomic E-state index is -3.85. The number of halogens is 2. The summed E-state index contributed by atoms with van der Waals surface area (Å²) in [6, 6.07) is 9.70. The van der Waals surface area contributed by atoms with Gasteiger partial charge in [-0.15, -0.1) is 0 Å². The fourth-order valence-corrected chi connectivity index (χ4v) is 5.62. The van der Waals surface area contributed by atoms with Crippen molar-refractivity contribution in [1.82, 2.24) is 10.2 Å². The zero-order chi connectivity index (χ0) is 27.2. The molecule has 0 aromatic heterocycles. The third-order valence-electron chi connectivity index (χ3n) is 6.73. The minimum absolute atomic E-state index is 0.0297. The highest BCUT2D eigenvalue weighted by atomic mass is 35.5. The van der Waals surface area contributed by atoms with Gasteiger partial charge in [0.05, 0.1) is 11.9 Å². The van der Waals surface area contributed by atoms with Crippen LogP contribution in [0.15, 0.2) is 42.5 Å². The summed E-state index contributed by atoms with van der Waals surface area (Å²) >= 11 is 6.23. The Labute approximate surface area is 224 Å². The van der Waals surface area contributed by atoms with Crippen molar-refractivity contribution in [3.05, 3.63) is 64.4 Å². The predicted octanol–water partition coefficient (Wildman–Crippen LogP) is 4.81. The molecule has 1 N–H and O–H groups in total. The standard InChI is InChI=1S/C27H35ClFN3O4S/c1-4-25(27(34)30-22-8-6-5-7-9-22)31(17-20-11-13-21(29)14-12-20)26(33)18-32(37(3,35)36)23-15-10-19(2)24(28)16-23/h10-16,22,25H,4-9,17-18H2,1-3H3,(H,30,34). The van der Waals surface area contributed by atoms with E-state index < -0.39 is 34.3 Å². The molecule has 0 saturated heterocycles. The summed E-state index contributed by atoms with van der Waals surface area (Å²) in [5, 5.41) is 3.46. The van der Waals surface area contributed by atoms with Crippen LogP contribution in [0.4, 0.5) is 10.1 Å². The molecule has 202 valence electrons. The van der Waals surface area contributed by atoms with Gasteiger partial charge in [-0.05, 0) is 61.6 Å². The molecule has 0 radical (unpaired) electrons. The number of rotatable bonds is 10. The van der Waals surface area contributed by atoms with E-state index in [4.69, 9.17) is 11.6 Å². The lowest BCUT2D eigenvalue weighted by atomic mass is 9.95. The maximum Gasteiger partial charge on any atom is 0.244 e. The second-order valence-corrected chi connectivity index (χ2v) is 11.9. The molecule has 1 atom stereocenters. The zero-order valence-electron chi connectivity index (χ0n) is 21.5. The average Bonchev–Trinajstić information content (AvgIpc) is 2.85. The monoisotopic (exact) mass is 551 g/mol. The van der Waals surface area contributed by atoms with Crippen LogP contribution in [0, 0.1) is 12.7 Å². The first-order valence-corrected chi connectivity index (χ1v) is 14.8. The topological polar surface area (TPSA) is 86.8 Å². The number of amides is 2. The molecule has 0 spiro atoms. The molecule has 1 fully saturated rings. The van der Waals surface area contributed by atoms with Crippen molar-refractivity contribution in [3.8, 4) is 0 Å². The van der Waals surface area contributed by atoms with Gasteiger partial charge >= 0.3 is 0 Å². The molecular formula is C27H35ClFN3O4S. The van der Waals surface area contributed by atoms with E-state index in [-0.39, 0.29) is 24.2 Å². The smallest absolute Gasteiger partial charge is 0.244 e. The largest absolute Gasteiger partial charge is 0.352 e. The van der Waals surface area contributed by atoms with Gasteiger partial charge in [-0.25, -0.2) is 12.8 Å². The van der Waals surface area contributed by atoms with Gasteiger partial charge in [0.1, 0.15) is 18.4 Å². The lowest BCUT2D eigenvalue weighted by Gasteiger charge is -2.34. The number of aryl methyl sites for hydroxylation is 1. The molecule has 0 bridgehead atoms. The van der Waals surface area contributed by atoms with E-state index in [9.17, 15) is 22.4 Å². The second kappa shape index (κ2) is 12.7. The van der Waals surface area contributed by atoms with Gasteiger partial charge < -0.3 is 10.2 Å². The number of hydrogen-bond donors (Lipinski definition) is 1. The summed E-state index contributed by atoms with van der Waals surface area (Å²) < 4.78 is 39.9. The van der Waals surface area contributed by atoms with Gasteiger partial charge in [0, 0.05) is 17.6 Å². The molecular weight excluding hydrogens is 517 g/mol. The molecule has 1 aliphatic carbocycles. The van der Waals surface area contributed by atoms with Gasteiger partial charge in [0.15, 0.2) is 0 Å². The Morgan fingerprint density at radius 3 is 2.32 bits per heavy atom.